The number of aryl methyl sites for hydroxylation is 2. The van der Waals surface area contributed by atoms with Gasteiger partial charge in [-0.15, -0.1) is 0 Å². The molecule has 22 heteroatoms. The summed E-state index contributed by atoms with van der Waals surface area (Å²) in [5, 5.41) is 19.4. The maximum absolute atomic E-state index is 13.1. The zero-order valence-electron chi connectivity index (χ0n) is 45.9. The molecule has 4 heterocycles. The molecular weight excluding hydrogens is 1040 g/mol. The minimum absolute atomic E-state index is 0.0733. The molecule has 1 unspecified atom stereocenters. The van der Waals surface area contributed by atoms with E-state index in [-0.39, 0.29) is 93.9 Å². The van der Waals surface area contributed by atoms with Crippen LogP contribution in [0.15, 0.2) is 96.1 Å². The standard InChI is InChI=1S/C59H68N10O12/c1-39-34-67(46-16-13-44(14-17-46)57(73)62-53-31-45(64-65-53)15-10-42-29-48(76-3)32-49(30-42)77-4)35-40(2)68(39)37-55(71)66-61-33-41-11-18-47(19-12-41)81-28-27-79-24-23-78-25-26-80-38-56(72)60-22-6-8-43-7-5-9-50-51(43)36-69(59(50)75)52-20-21-54(70)63-58(52)74/h5,7,9,11-14,16-19,29-33,39-40,52H,10,15,20-28,34-38H2,1-4H3,(H,60,72)(H,66,71)(H,63,70,74)(H2,62,64,65,73)/b61-33+/t39-,40+,52?. The van der Waals surface area contributed by atoms with Crippen LogP contribution in [0.5, 0.6) is 17.2 Å². The highest BCUT2D eigenvalue weighted by Crippen LogP contribution is 2.30. The van der Waals surface area contributed by atoms with Crippen molar-refractivity contribution in [3.63, 3.8) is 0 Å². The van der Waals surface area contributed by atoms with Gasteiger partial charge in [-0.05, 0) is 123 Å². The van der Waals surface area contributed by atoms with Crippen molar-refractivity contribution in [1.82, 2.24) is 36.1 Å². The fourth-order valence-corrected chi connectivity index (χ4v) is 9.62. The summed E-state index contributed by atoms with van der Waals surface area (Å²) in [5.74, 6) is 6.58. The van der Waals surface area contributed by atoms with Gasteiger partial charge in [-0.25, -0.2) is 5.43 Å². The van der Waals surface area contributed by atoms with Gasteiger partial charge in [-0.2, -0.15) is 10.2 Å². The average molecular weight is 1110 g/mol. The summed E-state index contributed by atoms with van der Waals surface area (Å²) in [6, 6.07) is 27.1. The van der Waals surface area contributed by atoms with Crippen molar-refractivity contribution in [2.45, 2.75) is 64.2 Å². The number of carbonyl (C=O) groups is 6. The summed E-state index contributed by atoms with van der Waals surface area (Å²) in [5.41, 5.74) is 8.71. The number of imide groups is 1. The van der Waals surface area contributed by atoms with Crippen LogP contribution >= 0.6 is 0 Å². The molecule has 3 atom stereocenters. The van der Waals surface area contributed by atoms with Crippen molar-refractivity contribution in [1.29, 1.82) is 0 Å². The number of methoxy groups -OCH3 is 2. The monoisotopic (exact) mass is 1110 g/mol. The summed E-state index contributed by atoms with van der Waals surface area (Å²) in [4.78, 5) is 81.3. The highest BCUT2D eigenvalue weighted by molar-refractivity contribution is 6.06. The summed E-state index contributed by atoms with van der Waals surface area (Å²) < 4.78 is 33.1. The number of carbonyl (C=O) groups excluding carboxylic acids is 6. The number of piperazine rings is 1. The zero-order chi connectivity index (χ0) is 57.1. The minimum atomic E-state index is -0.711. The van der Waals surface area contributed by atoms with Crippen LogP contribution in [0.3, 0.4) is 0 Å². The summed E-state index contributed by atoms with van der Waals surface area (Å²) in [7, 11) is 3.25. The second kappa shape index (κ2) is 29.0. The van der Waals surface area contributed by atoms with Gasteiger partial charge in [-0.3, -0.25) is 44.1 Å². The van der Waals surface area contributed by atoms with Crippen molar-refractivity contribution in [3.8, 4) is 29.1 Å². The molecule has 0 bridgehead atoms. The third-order valence-electron chi connectivity index (χ3n) is 13.8. The molecule has 8 rings (SSSR count). The number of aromatic amines is 1. The van der Waals surface area contributed by atoms with E-state index in [0.717, 1.165) is 40.4 Å². The Hall–Kier alpha value is -8.62. The molecule has 0 aliphatic carbocycles. The first-order valence-electron chi connectivity index (χ1n) is 26.8. The number of anilines is 2. The van der Waals surface area contributed by atoms with E-state index < -0.39 is 11.9 Å². The highest BCUT2D eigenvalue weighted by Gasteiger charge is 2.40. The van der Waals surface area contributed by atoms with Crippen molar-refractivity contribution < 1.29 is 57.2 Å². The molecule has 81 heavy (non-hydrogen) atoms. The number of fused-ring (bicyclic) bond motifs is 1. The zero-order valence-corrected chi connectivity index (χ0v) is 45.9. The van der Waals surface area contributed by atoms with Crippen LogP contribution < -0.4 is 40.5 Å². The smallest absolute Gasteiger partial charge is 0.256 e. The lowest BCUT2D eigenvalue weighted by Crippen LogP contribution is -2.58. The Morgan fingerprint density at radius 1 is 0.802 bits per heavy atom. The Morgan fingerprint density at radius 2 is 1.51 bits per heavy atom. The van der Waals surface area contributed by atoms with Gasteiger partial charge in [-0.1, -0.05) is 17.9 Å². The summed E-state index contributed by atoms with van der Waals surface area (Å²) in [6.07, 6.45) is 3.45. The highest BCUT2D eigenvalue weighted by atomic mass is 16.6. The Kier molecular flexibility index (Phi) is 21.0. The Bertz CT molecular complexity index is 3070. The molecule has 6 amide bonds. The largest absolute Gasteiger partial charge is 0.497 e. The van der Waals surface area contributed by atoms with Crippen LogP contribution in [0.4, 0.5) is 11.5 Å². The molecule has 4 aromatic carbocycles. The topological polar surface area (TPSA) is 257 Å². The molecule has 5 N–H and O–H groups in total. The number of hydrogen-bond acceptors (Lipinski definition) is 16. The van der Waals surface area contributed by atoms with Crippen LogP contribution in [-0.4, -0.2) is 166 Å². The molecule has 0 spiro atoms. The van der Waals surface area contributed by atoms with E-state index in [2.05, 4.69) is 72.2 Å². The van der Waals surface area contributed by atoms with Gasteiger partial charge in [0.1, 0.15) is 36.5 Å². The number of ether oxygens (including phenoxy) is 6. The molecular formula is C59H68N10O12. The molecule has 5 aromatic rings. The Balaban J connectivity index is 0.634. The number of piperidine rings is 1. The number of nitrogens with one attached hydrogen (secondary N) is 5. The molecule has 2 saturated heterocycles. The van der Waals surface area contributed by atoms with Gasteiger partial charge in [0.25, 0.3) is 17.7 Å². The van der Waals surface area contributed by atoms with Crippen LogP contribution in [0.1, 0.15) is 75.4 Å². The number of benzene rings is 4. The lowest BCUT2D eigenvalue weighted by Gasteiger charge is -2.45. The van der Waals surface area contributed by atoms with E-state index >= 15 is 0 Å². The van der Waals surface area contributed by atoms with Crippen molar-refractivity contribution >= 4 is 53.2 Å². The number of rotatable bonds is 26. The van der Waals surface area contributed by atoms with E-state index in [0.29, 0.717) is 79.8 Å². The summed E-state index contributed by atoms with van der Waals surface area (Å²) >= 11 is 0. The lowest BCUT2D eigenvalue weighted by atomic mass is 10.0. The molecule has 3 aliphatic rings. The second-order valence-electron chi connectivity index (χ2n) is 19.6. The quantitative estimate of drug-likeness (QED) is 0.0173. The molecule has 22 nitrogen and oxygen atoms in total. The molecule has 0 radical (unpaired) electrons. The predicted molar refractivity (Wildman–Crippen MR) is 300 cm³/mol. The SMILES string of the molecule is COc1cc(CCc2cc(NC(=O)c3ccc(N4C[C@@H](C)N(CC(=O)N/N=C/c5ccc(OCCOCCOCCOCC(=O)NCC#Cc6cccc7c6CN(C6CCC(=O)NC6=O)C7=O)cc5)[C@@H](C)C4)cc3)n[nH]2)cc(OC)c1. The van der Waals surface area contributed by atoms with Crippen molar-refractivity contribution in [2.24, 2.45) is 5.10 Å². The maximum atomic E-state index is 13.1. The number of hydrazone groups is 1. The first-order valence-corrected chi connectivity index (χ1v) is 26.8. The van der Waals surface area contributed by atoms with Crippen LogP contribution in [-0.2, 0) is 52.8 Å². The normalized spacial score (nSPS) is 17.0. The first kappa shape index (κ1) is 58.5. The van der Waals surface area contributed by atoms with Crippen molar-refractivity contribution in [3.05, 3.63) is 130 Å². The predicted octanol–water partition coefficient (Wildman–Crippen LogP) is 3.87. The van der Waals surface area contributed by atoms with Crippen LogP contribution in [0.25, 0.3) is 0 Å². The first-order chi connectivity index (χ1) is 39.3. The van der Waals surface area contributed by atoms with Gasteiger partial charge < -0.3 is 48.9 Å². The van der Waals surface area contributed by atoms with Gasteiger partial charge in [0.15, 0.2) is 5.82 Å². The molecule has 2 fully saturated rings. The van der Waals surface area contributed by atoms with Gasteiger partial charge in [0.05, 0.1) is 66.6 Å². The van der Waals surface area contributed by atoms with Crippen LogP contribution in [0, 0.1) is 11.8 Å². The Morgan fingerprint density at radius 3 is 2.21 bits per heavy atom. The fraction of sp³-hybridized carbons (Fsp3) is 0.390. The number of nitrogens with zero attached hydrogens (tertiary/aromatic N) is 5. The number of H-pyrrole nitrogens is 1. The van der Waals surface area contributed by atoms with E-state index in [1.54, 1.807) is 38.6 Å². The third-order valence-corrected chi connectivity index (χ3v) is 13.8. The number of hydrogen-bond donors (Lipinski definition) is 5. The number of aromatic nitrogens is 2. The lowest BCUT2D eigenvalue weighted by molar-refractivity contribution is -0.137. The van der Waals surface area contributed by atoms with Gasteiger partial charge in [0.2, 0.25) is 17.7 Å². The van der Waals surface area contributed by atoms with E-state index in [1.165, 1.54) is 4.90 Å². The van der Waals surface area contributed by atoms with E-state index in [4.69, 9.17) is 28.4 Å². The molecule has 0 saturated carbocycles. The number of amides is 6. The van der Waals surface area contributed by atoms with Gasteiger partial charge >= 0.3 is 0 Å². The van der Waals surface area contributed by atoms with E-state index in [1.807, 2.05) is 72.8 Å². The average Bonchev–Trinajstić information content (AvgIpc) is 4.10. The second-order valence-corrected chi connectivity index (χ2v) is 19.6. The molecule has 3 aliphatic heterocycles. The van der Waals surface area contributed by atoms with Gasteiger partial charge in [0, 0.05) is 78.3 Å². The van der Waals surface area contributed by atoms with E-state index in [9.17, 15) is 28.8 Å². The maximum Gasteiger partial charge on any atom is 0.256 e. The Labute approximate surface area is 470 Å². The fourth-order valence-electron chi connectivity index (χ4n) is 9.62. The molecule has 426 valence electrons. The summed E-state index contributed by atoms with van der Waals surface area (Å²) in [6.45, 7) is 7.78. The minimum Gasteiger partial charge on any atom is -0.497 e. The third kappa shape index (κ3) is 16.7. The van der Waals surface area contributed by atoms with Crippen molar-refractivity contribution in [2.75, 3.05) is 96.9 Å². The molecule has 1 aromatic heterocycles. The van der Waals surface area contributed by atoms with Crippen LogP contribution in [0.2, 0.25) is 0 Å².